The van der Waals surface area contributed by atoms with E-state index in [-0.39, 0.29) is 5.91 Å². The highest BCUT2D eigenvalue weighted by atomic mass is 32.1. The lowest BCUT2D eigenvalue weighted by Crippen LogP contribution is -2.37. The molecule has 0 unspecified atom stereocenters. The van der Waals surface area contributed by atoms with Crippen LogP contribution >= 0.6 is 11.3 Å². The van der Waals surface area contributed by atoms with Crippen LogP contribution in [0.15, 0.2) is 47.8 Å². The van der Waals surface area contributed by atoms with Gasteiger partial charge in [-0.25, -0.2) is 0 Å². The molecule has 0 spiro atoms. The van der Waals surface area contributed by atoms with Gasteiger partial charge in [-0.1, -0.05) is 31.2 Å². The fraction of sp³-hybridized carbons (Fsp3) is 0.267. The SMILES string of the molecule is CC[C@@H](Oc1ccccc1)C(=O)NCc1cccs1. The van der Waals surface area contributed by atoms with Crippen LogP contribution in [-0.4, -0.2) is 12.0 Å². The molecule has 2 aromatic rings. The number of hydrogen-bond donors (Lipinski definition) is 1. The first-order chi connectivity index (χ1) is 9.29. The molecule has 1 atom stereocenters. The molecule has 0 aliphatic rings. The van der Waals surface area contributed by atoms with Gasteiger partial charge in [0, 0.05) is 4.88 Å². The summed E-state index contributed by atoms with van der Waals surface area (Å²) in [5.74, 6) is 0.653. The van der Waals surface area contributed by atoms with E-state index in [0.29, 0.717) is 13.0 Å². The van der Waals surface area contributed by atoms with Crippen LogP contribution < -0.4 is 10.1 Å². The Hall–Kier alpha value is -1.81. The average Bonchev–Trinajstić information content (AvgIpc) is 2.96. The highest BCUT2D eigenvalue weighted by Gasteiger charge is 2.17. The summed E-state index contributed by atoms with van der Waals surface area (Å²) in [5, 5.41) is 4.90. The van der Waals surface area contributed by atoms with Gasteiger partial charge in [-0.05, 0) is 30.0 Å². The number of hydrogen-bond acceptors (Lipinski definition) is 3. The third kappa shape index (κ3) is 4.10. The number of carbonyl (C=O) groups excluding carboxylic acids is 1. The second-order valence-corrected chi connectivity index (χ2v) is 5.16. The first-order valence-electron chi connectivity index (χ1n) is 6.31. The molecule has 1 N–H and O–H groups in total. The predicted molar refractivity (Wildman–Crippen MR) is 77.3 cm³/mol. The Balaban J connectivity index is 1.88. The Morgan fingerprint density at radius 1 is 1.26 bits per heavy atom. The molecule has 19 heavy (non-hydrogen) atoms. The molecule has 0 bridgehead atoms. The minimum atomic E-state index is -0.442. The van der Waals surface area contributed by atoms with E-state index >= 15 is 0 Å². The number of benzene rings is 1. The van der Waals surface area contributed by atoms with E-state index in [1.165, 1.54) is 0 Å². The molecule has 4 heteroatoms. The van der Waals surface area contributed by atoms with Crippen LogP contribution in [0.2, 0.25) is 0 Å². The Morgan fingerprint density at radius 2 is 2.05 bits per heavy atom. The van der Waals surface area contributed by atoms with Gasteiger partial charge in [0.25, 0.3) is 5.91 Å². The van der Waals surface area contributed by atoms with E-state index in [0.717, 1.165) is 10.6 Å². The summed E-state index contributed by atoms with van der Waals surface area (Å²) in [5.41, 5.74) is 0. The molecule has 0 saturated carbocycles. The summed E-state index contributed by atoms with van der Waals surface area (Å²) in [4.78, 5) is 13.2. The van der Waals surface area contributed by atoms with Gasteiger partial charge >= 0.3 is 0 Å². The van der Waals surface area contributed by atoms with Crippen molar-refractivity contribution in [3.63, 3.8) is 0 Å². The number of amides is 1. The average molecular weight is 275 g/mol. The van der Waals surface area contributed by atoms with Crippen LogP contribution in [0, 0.1) is 0 Å². The van der Waals surface area contributed by atoms with Gasteiger partial charge in [0.1, 0.15) is 5.75 Å². The molecule has 0 aliphatic carbocycles. The van der Waals surface area contributed by atoms with Crippen molar-refractivity contribution in [3.8, 4) is 5.75 Å². The van der Waals surface area contributed by atoms with Crippen molar-refractivity contribution in [3.05, 3.63) is 52.7 Å². The normalized spacial score (nSPS) is 11.8. The van der Waals surface area contributed by atoms with Crippen molar-refractivity contribution in [2.45, 2.75) is 26.0 Å². The van der Waals surface area contributed by atoms with E-state index in [2.05, 4.69) is 5.32 Å². The third-order valence-corrected chi connectivity index (χ3v) is 3.58. The Bertz CT molecular complexity index is 496. The molecule has 0 fully saturated rings. The maximum absolute atomic E-state index is 12.0. The van der Waals surface area contributed by atoms with E-state index in [1.807, 2.05) is 54.8 Å². The molecule has 1 heterocycles. The summed E-state index contributed by atoms with van der Waals surface area (Å²) in [6, 6.07) is 13.4. The first kappa shape index (κ1) is 13.6. The zero-order valence-corrected chi connectivity index (χ0v) is 11.7. The third-order valence-electron chi connectivity index (χ3n) is 2.70. The first-order valence-corrected chi connectivity index (χ1v) is 7.19. The number of carbonyl (C=O) groups is 1. The predicted octanol–water partition coefficient (Wildman–Crippen LogP) is 3.22. The molecule has 1 aromatic carbocycles. The quantitative estimate of drug-likeness (QED) is 0.879. The van der Waals surface area contributed by atoms with Crippen LogP contribution in [0.3, 0.4) is 0 Å². The van der Waals surface area contributed by atoms with Gasteiger partial charge in [-0.2, -0.15) is 0 Å². The molecule has 1 aromatic heterocycles. The van der Waals surface area contributed by atoms with Crippen LogP contribution in [0.4, 0.5) is 0 Å². The number of thiophene rings is 1. The van der Waals surface area contributed by atoms with Crippen LogP contribution in [0.25, 0.3) is 0 Å². The number of rotatable bonds is 6. The molecular formula is C15H17NO2S. The Morgan fingerprint density at radius 3 is 2.68 bits per heavy atom. The van der Waals surface area contributed by atoms with Crippen LogP contribution in [-0.2, 0) is 11.3 Å². The summed E-state index contributed by atoms with van der Waals surface area (Å²) >= 11 is 1.63. The van der Waals surface area contributed by atoms with Gasteiger partial charge in [0.05, 0.1) is 6.54 Å². The Kier molecular flexibility index (Phi) is 4.98. The second-order valence-electron chi connectivity index (χ2n) is 4.12. The minimum Gasteiger partial charge on any atom is -0.481 e. The lowest BCUT2D eigenvalue weighted by Gasteiger charge is -2.16. The van der Waals surface area contributed by atoms with E-state index < -0.39 is 6.10 Å². The van der Waals surface area contributed by atoms with E-state index in [1.54, 1.807) is 11.3 Å². The number of ether oxygens (including phenoxy) is 1. The molecule has 1 amide bonds. The van der Waals surface area contributed by atoms with Crippen molar-refractivity contribution < 1.29 is 9.53 Å². The van der Waals surface area contributed by atoms with Crippen molar-refractivity contribution >= 4 is 17.2 Å². The van der Waals surface area contributed by atoms with Gasteiger partial charge in [-0.15, -0.1) is 11.3 Å². The summed E-state index contributed by atoms with van der Waals surface area (Å²) < 4.78 is 5.69. The fourth-order valence-electron chi connectivity index (χ4n) is 1.69. The van der Waals surface area contributed by atoms with E-state index in [9.17, 15) is 4.79 Å². The topological polar surface area (TPSA) is 38.3 Å². The van der Waals surface area contributed by atoms with Gasteiger partial charge in [0.15, 0.2) is 6.10 Å². The largest absolute Gasteiger partial charge is 0.481 e. The van der Waals surface area contributed by atoms with E-state index in [4.69, 9.17) is 4.74 Å². The molecule has 0 radical (unpaired) electrons. The van der Waals surface area contributed by atoms with Crippen molar-refractivity contribution in [1.82, 2.24) is 5.32 Å². The minimum absolute atomic E-state index is 0.0697. The van der Waals surface area contributed by atoms with Crippen molar-refractivity contribution in [2.24, 2.45) is 0 Å². The maximum Gasteiger partial charge on any atom is 0.261 e. The fourth-order valence-corrected chi connectivity index (χ4v) is 2.33. The number of nitrogens with one attached hydrogen (secondary N) is 1. The van der Waals surface area contributed by atoms with Crippen LogP contribution in [0.1, 0.15) is 18.2 Å². The van der Waals surface area contributed by atoms with Crippen molar-refractivity contribution in [2.75, 3.05) is 0 Å². The number of para-hydroxylation sites is 1. The highest BCUT2D eigenvalue weighted by molar-refractivity contribution is 7.09. The summed E-state index contributed by atoms with van der Waals surface area (Å²) in [6.45, 7) is 2.50. The lowest BCUT2D eigenvalue weighted by atomic mass is 10.2. The standard InChI is InChI=1S/C15H17NO2S/c1-2-14(18-12-7-4-3-5-8-12)15(17)16-11-13-9-6-10-19-13/h3-10,14H,2,11H2,1H3,(H,16,17)/t14-/m1/s1. The highest BCUT2D eigenvalue weighted by Crippen LogP contribution is 2.13. The van der Waals surface area contributed by atoms with Gasteiger partial charge < -0.3 is 10.1 Å². The Labute approximate surface area is 117 Å². The van der Waals surface area contributed by atoms with Gasteiger partial charge in [0.2, 0.25) is 0 Å². The molecular weight excluding hydrogens is 258 g/mol. The van der Waals surface area contributed by atoms with Crippen LogP contribution in [0.5, 0.6) is 5.75 Å². The van der Waals surface area contributed by atoms with Crippen molar-refractivity contribution in [1.29, 1.82) is 0 Å². The zero-order chi connectivity index (χ0) is 13.5. The van der Waals surface area contributed by atoms with Gasteiger partial charge in [-0.3, -0.25) is 4.79 Å². The monoisotopic (exact) mass is 275 g/mol. The molecule has 0 aliphatic heterocycles. The molecule has 3 nitrogen and oxygen atoms in total. The molecule has 100 valence electrons. The lowest BCUT2D eigenvalue weighted by molar-refractivity contribution is -0.128. The zero-order valence-electron chi connectivity index (χ0n) is 10.8. The summed E-state index contributed by atoms with van der Waals surface area (Å²) in [6.07, 6.45) is 0.202. The molecule has 0 saturated heterocycles. The molecule has 2 rings (SSSR count). The maximum atomic E-state index is 12.0. The second kappa shape index (κ2) is 6.95. The summed E-state index contributed by atoms with van der Waals surface area (Å²) in [7, 11) is 0. The smallest absolute Gasteiger partial charge is 0.261 e.